The molecule has 2 nitrogen and oxygen atoms in total. The van der Waals surface area contributed by atoms with Gasteiger partial charge in [-0.1, -0.05) is 43.2 Å². The zero-order valence-electron chi connectivity index (χ0n) is 12.2. The largest absolute Gasteiger partial charge is 0.309 e. The fourth-order valence-corrected chi connectivity index (χ4v) is 2.99. The molecule has 0 bridgehead atoms. The first-order valence-corrected chi connectivity index (χ1v) is 7.65. The Balaban J connectivity index is 2.03. The fourth-order valence-electron chi connectivity index (χ4n) is 2.17. The molecule has 1 heterocycles. The smallest absolute Gasteiger partial charge is 0.0972 e. The van der Waals surface area contributed by atoms with Crippen molar-refractivity contribution >= 4 is 11.3 Å². The summed E-state index contributed by atoms with van der Waals surface area (Å²) >= 11 is 1.76. The molecule has 1 N–H and O–H groups in total. The van der Waals surface area contributed by atoms with Crippen LogP contribution in [0.1, 0.15) is 41.2 Å². The lowest BCUT2D eigenvalue weighted by Gasteiger charge is -2.05. The summed E-state index contributed by atoms with van der Waals surface area (Å²) in [5.41, 5.74) is 5.16. The van der Waals surface area contributed by atoms with E-state index >= 15 is 0 Å². The van der Waals surface area contributed by atoms with Gasteiger partial charge < -0.3 is 5.32 Å². The van der Waals surface area contributed by atoms with Crippen molar-refractivity contribution < 1.29 is 0 Å². The number of nitrogens with one attached hydrogen (secondary N) is 1. The Labute approximate surface area is 119 Å². The standard InChI is InChI=1S/C16H22N2S/c1-11(2)17-9-15-10-19-16(18-15)8-14-6-12(3)5-13(4)7-14/h5-7,10-11,17H,8-9H2,1-4H3. The minimum atomic E-state index is 0.504. The van der Waals surface area contributed by atoms with Gasteiger partial charge >= 0.3 is 0 Å². The molecule has 2 rings (SSSR count). The van der Waals surface area contributed by atoms with Crippen molar-refractivity contribution in [2.45, 2.75) is 46.7 Å². The average molecular weight is 274 g/mol. The van der Waals surface area contributed by atoms with Gasteiger partial charge in [0.05, 0.1) is 10.7 Å². The molecule has 0 saturated carbocycles. The monoisotopic (exact) mass is 274 g/mol. The Hall–Kier alpha value is -1.19. The maximum atomic E-state index is 4.69. The van der Waals surface area contributed by atoms with E-state index in [1.165, 1.54) is 21.7 Å². The van der Waals surface area contributed by atoms with Gasteiger partial charge in [-0.2, -0.15) is 0 Å². The molecule has 0 aliphatic carbocycles. The topological polar surface area (TPSA) is 24.9 Å². The van der Waals surface area contributed by atoms with Gasteiger partial charge in [0.2, 0.25) is 0 Å². The summed E-state index contributed by atoms with van der Waals surface area (Å²) < 4.78 is 0. The second-order valence-corrected chi connectivity index (χ2v) is 6.38. The van der Waals surface area contributed by atoms with Gasteiger partial charge in [0, 0.05) is 24.4 Å². The number of aromatic nitrogens is 1. The zero-order valence-corrected chi connectivity index (χ0v) is 13.0. The van der Waals surface area contributed by atoms with Crippen LogP contribution in [-0.4, -0.2) is 11.0 Å². The number of hydrogen-bond acceptors (Lipinski definition) is 3. The first-order chi connectivity index (χ1) is 9.02. The quantitative estimate of drug-likeness (QED) is 0.896. The lowest BCUT2D eigenvalue weighted by Crippen LogP contribution is -2.21. The van der Waals surface area contributed by atoms with Crippen molar-refractivity contribution in [1.82, 2.24) is 10.3 Å². The van der Waals surface area contributed by atoms with E-state index in [9.17, 15) is 0 Å². The Morgan fingerprint density at radius 1 is 1.16 bits per heavy atom. The Morgan fingerprint density at radius 2 is 1.84 bits per heavy atom. The highest BCUT2D eigenvalue weighted by atomic mass is 32.1. The maximum Gasteiger partial charge on any atom is 0.0972 e. The summed E-state index contributed by atoms with van der Waals surface area (Å²) in [6.45, 7) is 9.47. The number of aryl methyl sites for hydroxylation is 2. The molecular weight excluding hydrogens is 252 g/mol. The number of thiazole rings is 1. The number of nitrogens with zero attached hydrogens (tertiary/aromatic N) is 1. The average Bonchev–Trinajstić information content (AvgIpc) is 2.72. The molecule has 0 aliphatic heterocycles. The van der Waals surface area contributed by atoms with Gasteiger partial charge in [-0.15, -0.1) is 11.3 Å². The van der Waals surface area contributed by atoms with Crippen LogP contribution in [0.5, 0.6) is 0 Å². The molecule has 3 heteroatoms. The van der Waals surface area contributed by atoms with Crippen molar-refractivity contribution in [3.05, 3.63) is 51.0 Å². The molecule has 2 aromatic rings. The lowest BCUT2D eigenvalue weighted by molar-refractivity contribution is 0.582. The van der Waals surface area contributed by atoms with Gasteiger partial charge in [0.15, 0.2) is 0 Å². The van der Waals surface area contributed by atoms with Gasteiger partial charge in [0.1, 0.15) is 0 Å². The van der Waals surface area contributed by atoms with E-state index in [2.05, 4.69) is 56.6 Å². The molecule has 0 radical (unpaired) electrons. The summed E-state index contributed by atoms with van der Waals surface area (Å²) in [6.07, 6.45) is 0.939. The van der Waals surface area contributed by atoms with E-state index in [1.807, 2.05) is 0 Å². The van der Waals surface area contributed by atoms with Crippen LogP contribution < -0.4 is 5.32 Å². The first-order valence-electron chi connectivity index (χ1n) is 6.77. The summed E-state index contributed by atoms with van der Waals surface area (Å²) in [5, 5.41) is 6.76. The van der Waals surface area contributed by atoms with E-state index in [1.54, 1.807) is 11.3 Å². The van der Waals surface area contributed by atoms with Gasteiger partial charge in [-0.3, -0.25) is 0 Å². The van der Waals surface area contributed by atoms with E-state index in [-0.39, 0.29) is 0 Å². The summed E-state index contributed by atoms with van der Waals surface area (Å²) in [6, 6.07) is 7.22. The van der Waals surface area contributed by atoms with E-state index in [0.717, 1.165) is 18.7 Å². The summed E-state index contributed by atoms with van der Waals surface area (Å²) in [4.78, 5) is 4.69. The van der Waals surface area contributed by atoms with Crippen molar-refractivity contribution in [2.24, 2.45) is 0 Å². The van der Waals surface area contributed by atoms with Crippen LogP contribution in [-0.2, 0) is 13.0 Å². The molecule has 0 unspecified atom stereocenters. The van der Waals surface area contributed by atoms with Crippen LogP contribution in [0, 0.1) is 13.8 Å². The normalized spacial score (nSPS) is 11.2. The van der Waals surface area contributed by atoms with Crippen LogP contribution in [0.15, 0.2) is 23.6 Å². The van der Waals surface area contributed by atoms with E-state index in [4.69, 9.17) is 4.98 Å². The third-order valence-corrected chi connectivity index (χ3v) is 3.83. The molecule has 0 spiro atoms. The van der Waals surface area contributed by atoms with Gasteiger partial charge in [0.25, 0.3) is 0 Å². The second-order valence-electron chi connectivity index (χ2n) is 5.44. The van der Waals surface area contributed by atoms with Crippen molar-refractivity contribution in [3.63, 3.8) is 0 Å². The molecule has 1 aromatic carbocycles. The molecule has 0 aliphatic rings. The Bertz CT molecular complexity index is 523. The molecule has 0 atom stereocenters. The highest BCUT2D eigenvalue weighted by molar-refractivity contribution is 7.09. The van der Waals surface area contributed by atoms with Crippen LogP contribution in [0.3, 0.4) is 0 Å². The summed E-state index contributed by atoms with van der Waals surface area (Å²) in [7, 11) is 0. The van der Waals surface area contributed by atoms with Gasteiger partial charge in [-0.25, -0.2) is 4.98 Å². The third-order valence-electron chi connectivity index (χ3n) is 2.93. The summed E-state index contributed by atoms with van der Waals surface area (Å²) in [5.74, 6) is 0. The van der Waals surface area contributed by atoms with Crippen molar-refractivity contribution in [2.75, 3.05) is 0 Å². The molecule has 0 saturated heterocycles. The highest BCUT2D eigenvalue weighted by Gasteiger charge is 2.05. The number of hydrogen-bond donors (Lipinski definition) is 1. The molecule has 1 aromatic heterocycles. The zero-order chi connectivity index (χ0) is 13.8. The van der Waals surface area contributed by atoms with Gasteiger partial charge in [-0.05, 0) is 19.4 Å². The SMILES string of the molecule is Cc1cc(C)cc(Cc2nc(CNC(C)C)cs2)c1. The predicted molar refractivity (Wildman–Crippen MR) is 82.8 cm³/mol. The third kappa shape index (κ3) is 4.44. The van der Waals surface area contributed by atoms with Crippen LogP contribution in [0.2, 0.25) is 0 Å². The first kappa shape index (κ1) is 14.2. The highest BCUT2D eigenvalue weighted by Crippen LogP contribution is 2.17. The second kappa shape index (κ2) is 6.31. The maximum absolute atomic E-state index is 4.69. The van der Waals surface area contributed by atoms with Crippen LogP contribution in [0.25, 0.3) is 0 Å². The van der Waals surface area contributed by atoms with Crippen LogP contribution in [0.4, 0.5) is 0 Å². The Morgan fingerprint density at radius 3 is 2.47 bits per heavy atom. The molecule has 0 fully saturated rings. The molecular formula is C16H22N2S. The lowest BCUT2D eigenvalue weighted by atomic mass is 10.1. The number of benzene rings is 1. The minimum Gasteiger partial charge on any atom is -0.309 e. The molecule has 0 amide bonds. The van der Waals surface area contributed by atoms with Crippen molar-refractivity contribution in [1.29, 1.82) is 0 Å². The fraction of sp³-hybridized carbons (Fsp3) is 0.438. The van der Waals surface area contributed by atoms with E-state index in [0.29, 0.717) is 6.04 Å². The minimum absolute atomic E-state index is 0.504. The number of rotatable bonds is 5. The molecule has 19 heavy (non-hydrogen) atoms. The molecule has 102 valence electrons. The van der Waals surface area contributed by atoms with E-state index < -0.39 is 0 Å². The van der Waals surface area contributed by atoms with Crippen LogP contribution >= 0.6 is 11.3 Å². The Kier molecular flexibility index (Phi) is 4.72. The van der Waals surface area contributed by atoms with Crippen molar-refractivity contribution in [3.8, 4) is 0 Å². The predicted octanol–water partition coefficient (Wildman–Crippen LogP) is 3.85.